The molecule has 5 heteroatoms. The number of hydrogen-bond acceptors (Lipinski definition) is 3. The van der Waals surface area contributed by atoms with Gasteiger partial charge in [-0.1, -0.05) is 31.5 Å². The number of benzene rings is 1. The van der Waals surface area contributed by atoms with Crippen molar-refractivity contribution in [3.8, 4) is 0 Å². The third-order valence-corrected chi connectivity index (χ3v) is 3.06. The van der Waals surface area contributed by atoms with Crippen molar-refractivity contribution in [2.45, 2.75) is 32.2 Å². The molecule has 1 aromatic carbocycles. The van der Waals surface area contributed by atoms with Crippen LogP contribution in [0, 0.1) is 0 Å². The summed E-state index contributed by atoms with van der Waals surface area (Å²) in [6, 6.07) is 6.39. The van der Waals surface area contributed by atoms with Crippen molar-refractivity contribution >= 4 is 24.5 Å². The van der Waals surface area contributed by atoms with Gasteiger partial charge >= 0.3 is 5.97 Å². The lowest BCUT2D eigenvalue weighted by Crippen LogP contribution is -2.41. The molecule has 19 heavy (non-hydrogen) atoms. The SMILES string of the molecule is CCCc1ccccc1C(=O)N[C@@H](CCS)C(=O)O. The average molecular weight is 281 g/mol. The molecule has 0 radical (unpaired) electrons. The number of thiol groups is 1. The zero-order valence-electron chi connectivity index (χ0n) is 10.9. The van der Waals surface area contributed by atoms with Crippen molar-refractivity contribution in [1.82, 2.24) is 5.32 Å². The summed E-state index contributed by atoms with van der Waals surface area (Å²) in [5.74, 6) is -0.956. The first-order valence-electron chi connectivity index (χ1n) is 6.32. The maximum atomic E-state index is 12.1. The molecule has 0 saturated heterocycles. The second-order valence-electron chi connectivity index (χ2n) is 4.28. The number of hydrogen-bond donors (Lipinski definition) is 3. The molecule has 0 fully saturated rings. The van der Waals surface area contributed by atoms with Crippen LogP contribution in [-0.2, 0) is 11.2 Å². The Balaban J connectivity index is 2.84. The fourth-order valence-electron chi connectivity index (χ4n) is 1.85. The van der Waals surface area contributed by atoms with Gasteiger partial charge in [0.15, 0.2) is 0 Å². The standard InChI is InChI=1S/C14H19NO3S/c1-2-5-10-6-3-4-7-11(10)13(16)15-12(8-9-19)14(17)18/h3-4,6-7,12,19H,2,5,8-9H2,1H3,(H,15,16)(H,17,18)/t12-/m0/s1. The van der Waals surface area contributed by atoms with E-state index in [2.05, 4.69) is 17.9 Å². The molecule has 0 spiro atoms. The Morgan fingerprint density at radius 1 is 1.37 bits per heavy atom. The molecule has 104 valence electrons. The maximum absolute atomic E-state index is 12.1. The summed E-state index contributed by atoms with van der Waals surface area (Å²) in [6.45, 7) is 2.04. The fraction of sp³-hybridized carbons (Fsp3) is 0.429. The molecule has 2 N–H and O–H groups in total. The van der Waals surface area contributed by atoms with E-state index in [9.17, 15) is 9.59 Å². The Bertz CT molecular complexity index is 448. The Morgan fingerprint density at radius 2 is 2.05 bits per heavy atom. The summed E-state index contributed by atoms with van der Waals surface area (Å²) < 4.78 is 0. The second kappa shape index (κ2) is 7.84. The van der Waals surface area contributed by atoms with Gasteiger partial charge in [0.25, 0.3) is 5.91 Å². The third-order valence-electron chi connectivity index (χ3n) is 2.80. The lowest BCUT2D eigenvalue weighted by atomic mass is 10.0. The van der Waals surface area contributed by atoms with Crippen LogP contribution in [0.3, 0.4) is 0 Å². The number of carboxylic acid groups (broad SMARTS) is 1. The number of carboxylic acids is 1. The molecule has 1 aromatic rings. The van der Waals surface area contributed by atoms with Gasteiger partial charge in [0.05, 0.1) is 0 Å². The number of carbonyl (C=O) groups excluding carboxylic acids is 1. The number of rotatable bonds is 7. The minimum absolute atomic E-state index is 0.306. The van der Waals surface area contributed by atoms with Crippen LogP contribution in [0.4, 0.5) is 0 Å². The number of aryl methyl sites for hydroxylation is 1. The highest BCUT2D eigenvalue weighted by atomic mass is 32.1. The van der Waals surface area contributed by atoms with Gasteiger partial charge in [0, 0.05) is 5.56 Å². The van der Waals surface area contributed by atoms with Gasteiger partial charge in [-0.2, -0.15) is 12.6 Å². The molecule has 0 unspecified atom stereocenters. The van der Waals surface area contributed by atoms with Gasteiger partial charge in [0.2, 0.25) is 0 Å². The van der Waals surface area contributed by atoms with Crippen LogP contribution in [-0.4, -0.2) is 28.8 Å². The van der Waals surface area contributed by atoms with Crippen LogP contribution >= 0.6 is 12.6 Å². The first-order valence-corrected chi connectivity index (χ1v) is 6.95. The van der Waals surface area contributed by atoms with Gasteiger partial charge in [-0.15, -0.1) is 0 Å². The predicted molar refractivity (Wildman–Crippen MR) is 77.8 cm³/mol. The lowest BCUT2D eigenvalue weighted by Gasteiger charge is -2.15. The Kier molecular flexibility index (Phi) is 6.42. The molecule has 0 aliphatic heterocycles. The fourth-order valence-corrected chi connectivity index (χ4v) is 2.11. The van der Waals surface area contributed by atoms with E-state index in [1.54, 1.807) is 12.1 Å². The van der Waals surface area contributed by atoms with Crippen molar-refractivity contribution in [2.24, 2.45) is 0 Å². The van der Waals surface area contributed by atoms with Crippen molar-refractivity contribution in [2.75, 3.05) is 5.75 Å². The van der Waals surface area contributed by atoms with E-state index in [1.807, 2.05) is 19.1 Å². The summed E-state index contributed by atoms with van der Waals surface area (Å²) in [5.41, 5.74) is 1.49. The molecule has 1 amide bonds. The Labute approximate surface area is 118 Å². The molecule has 0 aliphatic rings. The highest BCUT2D eigenvalue weighted by Gasteiger charge is 2.20. The van der Waals surface area contributed by atoms with Crippen LogP contribution in [0.5, 0.6) is 0 Å². The van der Waals surface area contributed by atoms with Gasteiger partial charge in [-0.05, 0) is 30.2 Å². The Hall–Kier alpha value is -1.49. The third kappa shape index (κ3) is 4.59. The molecule has 1 atom stereocenters. The quantitative estimate of drug-likeness (QED) is 0.671. The minimum Gasteiger partial charge on any atom is -0.480 e. The molecule has 0 saturated carbocycles. The minimum atomic E-state index is -1.03. The van der Waals surface area contributed by atoms with Gasteiger partial charge < -0.3 is 10.4 Å². The van der Waals surface area contributed by atoms with Gasteiger partial charge in [-0.3, -0.25) is 4.79 Å². The van der Waals surface area contributed by atoms with Gasteiger partial charge in [-0.25, -0.2) is 4.79 Å². The number of amides is 1. The summed E-state index contributed by atoms with van der Waals surface area (Å²) in [6.07, 6.45) is 2.04. The average Bonchev–Trinajstić information content (AvgIpc) is 2.39. The molecule has 0 bridgehead atoms. The number of nitrogens with one attached hydrogen (secondary N) is 1. The van der Waals surface area contributed by atoms with Crippen molar-refractivity contribution in [1.29, 1.82) is 0 Å². The highest BCUT2D eigenvalue weighted by molar-refractivity contribution is 7.80. The van der Waals surface area contributed by atoms with Crippen LogP contribution in [0.15, 0.2) is 24.3 Å². The lowest BCUT2D eigenvalue weighted by molar-refractivity contribution is -0.139. The first kappa shape index (κ1) is 15.6. The maximum Gasteiger partial charge on any atom is 0.326 e. The van der Waals surface area contributed by atoms with E-state index in [0.717, 1.165) is 18.4 Å². The second-order valence-corrected chi connectivity index (χ2v) is 4.73. The van der Waals surface area contributed by atoms with E-state index in [1.165, 1.54) is 0 Å². The van der Waals surface area contributed by atoms with Crippen LogP contribution in [0.25, 0.3) is 0 Å². The zero-order chi connectivity index (χ0) is 14.3. The van der Waals surface area contributed by atoms with Gasteiger partial charge in [0.1, 0.15) is 6.04 Å². The van der Waals surface area contributed by atoms with E-state index in [0.29, 0.717) is 17.7 Å². The Morgan fingerprint density at radius 3 is 2.63 bits per heavy atom. The summed E-state index contributed by atoms with van der Waals surface area (Å²) in [5, 5.41) is 11.6. The number of carbonyl (C=O) groups is 2. The summed E-state index contributed by atoms with van der Waals surface area (Å²) in [4.78, 5) is 23.1. The van der Waals surface area contributed by atoms with Crippen LogP contribution in [0.1, 0.15) is 35.7 Å². The monoisotopic (exact) mass is 281 g/mol. The van der Waals surface area contributed by atoms with E-state index in [4.69, 9.17) is 5.11 Å². The topological polar surface area (TPSA) is 66.4 Å². The van der Waals surface area contributed by atoms with E-state index < -0.39 is 12.0 Å². The molecular weight excluding hydrogens is 262 g/mol. The highest BCUT2D eigenvalue weighted by Crippen LogP contribution is 2.11. The molecule has 0 heterocycles. The molecule has 1 rings (SSSR count). The van der Waals surface area contributed by atoms with E-state index >= 15 is 0 Å². The number of aliphatic carboxylic acids is 1. The van der Waals surface area contributed by atoms with Crippen molar-refractivity contribution in [3.05, 3.63) is 35.4 Å². The van der Waals surface area contributed by atoms with Crippen molar-refractivity contribution < 1.29 is 14.7 Å². The van der Waals surface area contributed by atoms with Crippen LogP contribution < -0.4 is 5.32 Å². The normalized spacial score (nSPS) is 11.9. The molecule has 4 nitrogen and oxygen atoms in total. The van der Waals surface area contributed by atoms with Crippen LogP contribution in [0.2, 0.25) is 0 Å². The molecule has 0 aromatic heterocycles. The molecular formula is C14H19NO3S. The van der Waals surface area contributed by atoms with E-state index in [-0.39, 0.29) is 5.91 Å². The molecule has 0 aliphatic carbocycles. The zero-order valence-corrected chi connectivity index (χ0v) is 11.8. The predicted octanol–water partition coefficient (Wildman–Crippen LogP) is 2.14. The summed E-state index contributed by atoms with van der Waals surface area (Å²) >= 11 is 4.00. The summed E-state index contributed by atoms with van der Waals surface area (Å²) in [7, 11) is 0. The van der Waals surface area contributed by atoms with Crippen molar-refractivity contribution in [3.63, 3.8) is 0 Å². The first-order chi connectivity index (χ1) is 9.10. The largest absolute Gasteiger partial charge is 0.480 e. The smallest absolute Gasteiger partial charge is 0.326 e.